The van der Waals surface area contributed by atoms with Crippen molar-refractivity contribution in [1.82, 2.24) is 0 Å². The van der Waals surface area contributed by atoms with E-state index >= 15 is 0 Å². The zero-order valence-corrected chi connectivity index (χ0v) is 10.1. The number of hydrogen-bond acceptors (Lipinski definition) is 3. The lowest BCUT2D eigenvalue weighted by atomic mass is 10.0. The van der Waals surface area contributed by atoms with E-state index in [-0.39, 0.29) is 17.1 Å². The van der Waals surface area contributed by atoms with E-state index in [1.54, 1.807) is 36.4 Å². The van der Waals surface area contributed by atoms with Crippen LogP contribution in [0.1, 0.15) is 15.9 Å². The molecular weight excluding hydrogens is 238 g/mol. The van der Waals surface area contributed by atoms with Crippen LogP contribution < -0.4 is 0 Å². The van der Waals surface area contributed by atoms with Gasteiger partial charge in [0, 0.05) is 5.56 Å². The number of aromatic hydroxyl groups is 1. The minimum atomic E-state index is -0.327. The average Bonchev–Trinajstić information content (AvgIpc) is 2.45. The highest BCUT2D eigenvalue weighted by molar-refractivity contribution is 6.14. The SMILES string of the molecule is N#C/C(=C\c1cccc(O)c1)C(=O)c1ccccc1. The third-order valence-corrected chi connectivity index (χ3v) is 2.58. The normalized spacial score (nSPS) is 10.8. The molecule has 2 rings (SSSR count). The van der Waals surface area contributed by atoms with Crippen LogP contribution >= 0.6 is 0 Å². The number of nitrogens with zero attached hydrogens (tertiary/aromatic N) is 1. The average molecular weight is 249 g/mol. The second kappa shape index (κ2) is 5.65. The molecule has 0 aliphatic carbocycles. The molecular formula is C16H11NO2. The van der Waals surface area contributed by atoms with Crippen LogP contribution in [0.4, 0.5) is 0 Å². The number of Topliss-reactive ketones (excluding diaryl/α,β-unsaturated/α-hetero) is 1. The maximum absolute atomic E-state index is 12.1. The molecule has 0 aliphatic heterocycles. The predicted octanol–water partition coefficient (Wildman–Crippen LogP) is 3.18. The Balaban J connectivity index is 2.36. The maximum atomic E-state index is 12.1. The number of rotatable bonds is 3. The molecule has 3 nitrogen and oxygen atoms in total. The summed E-state index contributed by atoms with van der Waals surface area (Å²) in [6, 6.07) is 16.9. The first-order chi connectivity index (χ1) is 9.20. The van der Waals surface area contributed by atoms with Gasteiger partial charge in [-0.05, 0) is 23.8 Å². The van der Waals surface area contributed by atoms with Crippen molar-refractivity contribution in [2.45, 2.75) is 0 Å². The summed E-state index contributed by atoms with van der Waals surface area (Å²) >= 11 is 0. The van der Waals surface area contributed by atoms with Gasteiger partial charge in [-0.15, -0.1) is 0 Å². The van der Waals surface area contributed by atoms with Crippen LogP contribution in [0.25, 0.3) is 6.08 Å². The molecule has 92 valence electrons. The van der Waals surface area contributed by atoms with Crippen LogP contribution in [0.15, 0.2) is 60.2 Å². The van der Waals surface area contributed by atoms with Gasteiger partial charge in [0.15, 0.2) is 0 Å². The van der Waals surface area contributed by atoms with Crippen LogP contribution in [-0.2, 0) is 0 Å². The van der Waals surface area contributed by atoms with Gasteiger partial charge in [-0.2, -0.15) is 5.26 Å². The van der Waals surface area contributed by atoms with Crippen molar-refractivity contribution in [1.29, 1.82) is 5.26 Å². The Hall–Kier alpha value is -2.86. The molecule has 0 saturated carbocycles. The minimum Gasteiger partial charge on any atom is -0.508 e. The van der Waals surface area contributed by atoms with Crippen LogP contribution in [0.2, 0.25) is 0 Å². The van der Waals surface area contributed by atoms with Gasteiger partial charge in [-0.1, -0.05) is 42.5 Å². The number of carbonyl (C=O) groups is 1. The first-order valence-electron chi connectivity index (χ1n) is 5.71. The summed E-state index contributed by atoms with van der Waals surface area (Å²) in [7, 11) is 0. The second-order valence-corrected chi connectivity index (χ2v) is 3.96. The van der Waals surface area contributed by atoms with Crippen LogP contribution in [0.3, 0.4) is 0 Å². The zero-order chi connectivity index (χ0) is 13.7. The van der Waals surface area contributed by atoms with Gasteiger partial charge in [-0.3, -0.25) is 4.79 Å². The Bertz CT molecular complexity index is 667. The summed E-state index contributed by atoms with van der Waals surface area (Å²) in [5, 5.41) is 18.4. The number of phenols is 1. The van der Waals surface area contributed by atoms with E-state index < -0.39 is 0 Å². The number of benzene rings is 2. The summed E-state index contributed by atoms with van der Waals surface area (Å²) in [4.78, 5) is 12.1. The molecule has 0 bridgehead atoms. The predicted molar refractivity (Wildman–Crippen MR) is 72.5 cm³/mol. The van der Waals surface area contributed by atoms with Crippen molar-refractivity contribution >= 4 is 11.9 Å². The van der Waals surface area contributed by atoms with Gasteiger partial charge in [0.05, 0.1) is 0 Å². The van der Waals surface area contributed by atoms with E-state index in [0.29, 0.717) is 11.1 Å². The summed E-state index contributed by atoms with van der Waals surface area (Å²) in [6.45, 7) is 0. The second-order valence-electron chi connectivity index (χ2n) is 3.96. The van der Waals surface area contributed by atoms with Crippen molar-refractivity contribution in [3.63, 3.8) is 0 Å². The highest BCUT2D eigenvalue weighted by Crippen LogP contribution is 2.16. The van der Waals surface area contributed by atoms with E-state index in [2.05, 4.69) is 0 Å². The Morgan fingerprint density at radius 2 is 1.84 bits per heavy atom. The molecule has 0 aromatic heterocycles. The summed E-state index contributed by atoms with van der Waals surface area (Å²) < 4.78 is 0. The lowest BCUT2D eigenvalue weighted by molar-refractivity contribution is 0.104. The summed E-state index contributed by atoms with van der Waals surface area (Å²) in [5.41, 5.74) is 1.12. The molecule has 1 N–H and O–H groups in total. The standard InChI is InChI=1S/C16H11NO2/c17-11-14(9-12-5-4-8-15(18)10-12)16(19)13-6-2-1-3-7-13/h1-10,18H/b14-9+. The molecule has 0 spiro atoms. The summed E-state index contributed by atoms with van der Waals surface area (Å²) in [5.74, 6) is -0.232. The molecule has 0 heterocycles. The van der Waals surface area contributed by atoms with E-state index in [1.165, 1.54) is 18.2 Å². The lowest BCUT2D eigenvalue weighted by Crippen LogP contribution is -2.01. The monoisotopic (exact) mass is 249 g/mol. The number of nitriles is 1. The number of allylic oxidation sites excluding steroid dienone is 1. The van der Waals surface area contributed by atoms with Crippen molar-refractivity contribution in [3.05, 3.63) is 71.3 Å². The van der Waals surface area contributed by atoms with Gasteiger partial charge >= 0.3 is 0 Å². The molecule has 0 radical (unpaired) electrons. The van der Waals surface area contributed by atoms with Gasteiger partial charge in [0.25, 0.3) is 0 Å². The minimum absolute atomic E-state index is 0.0387. The van der Waals surface area contributed by atoms with Gasteiger partial charge in [0.1, 0.15) is 17.4 Å². The molecule has 0 aliphatic rings. The van der Waals surface area contributed by atoms with E-state index in [4.69, 9.17) is 5.26 Å². The first-order valence-corrected chi connectivity index (χ1v) is 5.71. The highest BCUT2D eigenvalue weighted by Gasteiger charge is 2.11. The quantitative estimate of drug-likeness (QED) is 0.516. The van der Waals surface area contributed by atoms with E-state index in [1.807, 2.05) is 12.1 Å². The smallest absolute Gasteiger partial charge is 0.203 e. The molecule has 2 aromatic rings. The molecule has 0 fully saturated rings. The Morgan fingerprint density at radius 1 is 1.11 bits per heavy atom. The third-order valence-electron chi connectivity index (χ3n) is 2.58. The Morgan fingerprint density at radius 3 is 2.47 bits per heavy atom. The molecule has 19 heavy (non-hydrogen) atoms. The highest BCUT2D eigenvalue weighted by atomic mass is 16.3. The number of phenolic OH excluding ortho intramolecular Hbond substituents is 1. The molecule has 0 unspecified atom stereocenters. The number of carbonyl (C=O) groups excluding carboxylic acids is 1. The molecule has 2 aromatic carbocycles. The Kier molecular flexibility index (Phi) is 3.75. The summed E-state index contributed by atoms with van der Waals surface area (Å²) in [6.07, 6.45) is 1.47. The topological polar surface area (TPSA) is 61.1 Å². The fourth-order valence-corrected chi connectivity index (χ4v) is 1.67. The molecule has 0 atom stereocenters. The van der Waals surface area contributed by atoms with E-state index in [9.17, 15) is 9.90 Å². The largest absolute Gasteiger partial charge is 0.508 e. The van der Waals surface area contributed by atoms with Crippen LogP contribution in [-0.4, -0.2) is 10.9 Å². The first kappa shape index (κ1) is 12.6. The zero-order valence-electron chi connectivity index (χ0n) is 10.1. The molecule has 0 amide bonds. The van der Waals surface area contributed by atoms with Crippen LogP contribution in [0, 0.1) is 11.3 Å². The maximum Gasteiger partial charge on any atom is 0.203 e. The Labute approximate surface area is 111 Å². The number of hydrogen-bond donors (Lipinski definition) is 1. The van der Waals surface area contributed by atoms with Gasteiger partial charge < -0.3 is 5.11 Å². The molecule has 3 heteroatoms. The fraction of sp³-hybridized carbons (Fsp3) is 0. The van der Waals surface area contributed by atoms with Crippen molar-refractivity contribution in [3.8, 4) is 11.8 Å². The van der Waals surface area contributed by atoms with E-state index in [0.717, 1.165) is 0 Å². The van der Waals surface area contributed by atoms with Crippen molar-refractivity contribution < 1.29 is 9.90 Å². The lowest BCUT2D eigenvalue weighted by Gasteiger charge is -2.00. The van der Waals surface area contributed by atoms with Crippen molar-refractivity contribution in [2.24, 2.45) is 0 Å². The van der Waals surface area contributed by atoms with Gasteiger partial charge in [-0.25, -0.2) is 0 Å². The van der Waals surface area contributed by atoms with Crippen LogP contribution in [0.5, 0.6) is 5.75 Å². The third kappa shape index (κ3) is 3.08. The van der Waals surface area contributed by atoms with Gasteiger partial charge in [0.2, 0.25) is 5.78 Å². The fourth-order valence-electron chi connectivity index (χ4n) is 1.67. The van der Waals surface area contributed by atoms with Crippen molar-refractivity contribution in [2.75, 3.05) is 0 Å². The number of ketones is 1. The molecule has 0 saturated heterocycles.